The number of ether oxygens (including phenoxy) is 2. The quantitative estimate of drug-likeness (QED) is 0.493. The maximum absolute atomic E-state index is 13.7. The van der Waals surface area contributed by atoms with Crippen LogP contribution in [0.1, 0.15) is 26.5 Å². The molecule has 0 saturated heterocycles. The third-order valence-electron chi connectivity index (χ3n) is 3.63. The Labute approximate surface area is 185 Å². The van der Waals surface area contributed by atoms with Crippen LogP contribution in [0, 0.1) is 0 Å². The molecular formula is C20H16Cl2F3N3O3. The summed E-state index contributed by atoms with van der Waals surface area (Å²) in [6, 6.07) is 8.25. The Hall–Kier alpha value is -2.78. The lowest BCUT2D eigenvalue weighted by molar-refractivity contribution is -0.142. The molecule has 0 aliphatic rings. The zero-order chi connectivity index (χ0) is 23.0. The first-order chi connectivity index (χ1) is 14.3. The van der Waals surface area contributed by atoms with Gasteiger partial charge in [-0.1, -0.05) is 29.3 Å². The first-order valence-corrected chi connectivity index (χ1v) is 9.60. The van der Waals surface area contributed by atoms with Gasteiger partial charge in [0.2, 0.25) is 11.6 Å². The molecule has 0 saturated carbocycles. The van der Waals surface area contributed by atoms with Crippen molar-refractivity contribution in [2.75, 3.05) is 0 Å². The highest BCUT2D eigenvalue weighted by molar-refractivity contribution is 6.42. The van der Waals surface area contributed by atoms with E-state index in [1.807, 2.05) is 0 Å². The standard InChI is InChI=1S/C20H16Cl2F3N3O3/c1-19(2,3)31-14-6-4-5-13(26-14)17-27-16(20(23,24)25)15(18(29)28-17)30-10-7-8-11(21)12(22)9-10/h4-9H,1-3H3,(H,27,28,29). The zero-order valence-corrected chi connectivity index (χ0v) is 18.0. The van der Waals surface area contributed by atoms with E-state index < -0.39 is 34.6 Å². The highest BCUT2D eigenvalue weighted by Crippen LogP contribution is 2.36. The Kier molecular flexibility index (Phi) is 6.20. The summed E-state index contributed by atoms with van der Waals surface area (Å²) in [5.41, 5.74) is -3.25. The summed E-state index contributed by atoms with van der Waals surface area (Å²) in [7, 11) is 0. The molecule has 164 valence electrons. The number of nitrogens with zero attached hydrogens (tertiary/aromatic N) is 2. The van der Waals surface area contributed by atoms with Gasteiger partial charge in [0.15, 0.2) is 11.5 Å². The van der Waals surface area contributed by atoms with Gasteiger partial charge in [0.1, 0.15) is 17.0 Å². The van der Waals surface area contributed by atoms with Crippen molar-refractivity contribution in [3.05, 3.63) is 62.5 Å². The minimum absolute atomic E-state index is 0.00885. The van der Waals surface area contributed by atoms with E-state index in [1.54, 1.807) is 26.8 Å². The molecule has 0 fully saturated rings. The Morgan fingerprint density at radius 2 is 1.71 bits per heavy atom. The normalized spacial score (nSPS) is 12.0. The van der Waals surface area contributed by atoms with Crippen molar-refractivity contribution in [3.63, 3.8) is 0 Å². The maximum atomic E-state index is 13.7. The first kappa shape index (κ1) is 22.9. The molecule has 3 aromatic rings. The molecule has 2 heterocycles. The molecule has 0 amide bonds. The van der Waals surface area contributed by atoms with Gasteiger partial charge in [-0.05, 0) is 39.0 Å². The number of pyridine rings is 1. The molecule has 1 N–H and O–H groups in total. The van der Waals surface area contributed by atoms with E-state index in [0.29, 0.717) is 0 Å². The lowest BCUT2D eigenvalue weighted by Crippen LogP contribution is -2.24. The minimum Gasteiger partial charge on any atom is -0.472 e. The third-order valence-corrected chi connectivity index (χ3v) is 4.37. The van der Waals surface area contributed by atoms with E-state index >= 15 is 0 Å². The molecule has 0 spiro atoms. The van der Waals surface area contributed by atoms with Gasteiger partial charge in [0.05, 0.1) is 10.0 Å². The van der Waals surface area contributed by atoms with E-state index in [0.717, 1.165) is 0 Å². The average Bonchev–Trinajstić information content (AvgIpc) is 2.64. The van der Waals surface area contributed by atoms with Crippen LogP contribution in [0.15, 0.2) is 41.2 Å². The van der Waals surface area contributed by atoms with Gasteiger partial charge < -0.3 is 14.5 Å². The molecule has 31 heavy (non-hydrogen) atoms. The predicted molar refractivity (Wildman–Crippen MR) is 110 cm³/mol. The van der Waals surface area contributed by atoms with Gasteiger partial charge in [-0.25, -0.2) is 9.97 Å². The van der Waals surface area contributed by atoms with Gasteiger partial charge in [-0.15, -0.1) is 0 Å². The van der Waals surface area contributed by atoms with Crippen LogP contribution in [0.5, 0.6) is 17.4 Å². The Morgan fingerprint density at radius 3 is 2.32 bits per heavy atom. The highest BCUT2D eigenvalue weighted by atomic mass is 35.5. The second-order valence-electron chi connectivity index (χ2n) is 7.34. The molecule has 6 nitrogen and oxygen atoms in total. The minimum atomic E-state index is -4.98. The van der Waals surface area contributed by atoms with E-state index in [1.165, 1.54) is 30.3 Å². The molecule has 0 atom stereocenters. The zero-order valence-electron chi connectivity index (χ0n) is 16.5. The SMILES string of the molecule is CC(C)(C)Oc1cccc(-c2nc(C(F)(F)F)c(Oc3ccc(Cl)c(Cl)c3)c(=O)[nH]2)n1. The van der Waals surface area contributed by atoms with E-state index in [9.17, 15) is 18.0 Å². The van der Waals surface area contributed by atoms with Crippen LogP contribution in [-0.2, 0) is 6.18 Å². The summed E-state index contributed by atoms with van der Waals surface area (Å²) in [6.45, 7) is 5.37. The van der Waals surface area contributed by atoms with Crippen LogP contribution in [0.3, 0.4) is 0 Å². The first-order valence-electron chi connectivity index (χ1n) is 8.84. The number of aromatic amines is 1. The lowest BCUT2D eigenvalue weighted by Gasteiger charge is -2.20. The summed E-state index contributed by atoms with van der Waals surface area (Å²) in [5.74, 6) is -1.37. The Balaban J connectivity index is 2.08. The van der Waals surface area contributed by atoms with Crippen molar-refractivity contribution in [1.29, 1.82) is 0 Å². The van der Waals surface area contributed by atoms with Crippen LogP contribution in [0.4, 0.5) is 13.2 Å². The Bertz CT molecular complexity index is 1170. The number of benzene rings is 1. The van der Waals surface area contributed by atoms with Crippen molar-refractivity contribution in [2.45, 2.75) is 32.5 Å². The molecule has 3 rings (SSSR count). The molecule has 0 bridgehead atoms. The molecular weight excluding hydrogens is 458 g/mol. The Morgan fingerprint density at radius 1 is 1.00 bits per heavy atom. The van der Waals surface area contributed by atoms with Crippen molar-refractivity contribution >= 4 is 23.2 Å². The molecule has 0 aliphatic carbocycles. The molecule has 2 aromatic heterocycles. The van der Waals surface area contributed by atoms with E-state index in [2.05, 4.69) is 15.0 Å². The number of hydrogen-bond acceptors (Lipinski definition) is 5. The molecule has 0 unspecified atom stereocenters. The van der Waals surface area contributed by atoms with Gasteiger partial charge >= 0.3 is 6.18 Å². The number of H-pyrrole nitrogens is 1. The second-order valence-corrected chi connectivity index (χ2v) is 8.16. The van der Waals surface area contributed by atoms with Gasteiger partial charge in [-0.2, -0.15) is 13.2 Å². The fourth-order valence-electron chi connectivity index (χ4n) is 2.45. The number of rotatable bonds is 4. The lowest BCUT2D eigenvalue weighted by atomic mass is 10.2. The number of aromatic nitrogens is 3. The molecule has 0 radical (unpaired) electrons. The summed E-state index contributed by atoms with van der Waals surface area (Å²) < 4.78 is 51.8. The second kappa shape index (κ2) is 8.39. The number of halogens is 5. The van der Waals surface area contributed by atoms with Crippen LogP contribution >= 0.6 is 23.2 Å². The van der Waals surface area contributed by atoms with Crippen molar-refractivity contribution in [2.24, 2.45) is 0 Å². The molecule has 0 aliphatic heterocycles. The summed E-state index contributed by atoms with van der Waals surface area (Å²) >= 11 is 11.7. The summed E-state index contributed by atoms with van der Waals surface area (Å²) in [5, 5.41) is 0.226. The topological polar surface area (TPSA) is 77.1 Å². The highest BCUT2D eigenvalue weighted by Gasteiger charge is 2.39. The van der Waals surface area contributed by atoms with Crippen LogP contribution in [0.2, 0.25) is 10.0 Å². The monoisotopic (exact) mass is 473 g/mol. The fraction of sp³-hybridized carbons (Fsp3) is 0.250. The van der Waals surface area contributed by atoms with Gasteiger partial charge in [-0.3, -0.25) is 4.79 Å². The number of hydrogen-bond donors (Lipinski definition) is 1. The van der Waals surface area contributed by atoms with Gasteiger partial charge in [0.25, 0.3) is 5.56 Å². The molecule has 11 heteroatoms. The van der Waals surface area contributed by atoms with Gasteiger partial charge in [0, 0.05) is 12.1 Å². The summed E-state index contributed by atoms with van der Waals surface area (Å²) in [6.07, 6.45) is -4.98. The number of alkyl halides is 3. The average molecular weight is 474 g/mol. The summed E-state index contributed by atoms with van der Waals surface area (Å²) in [4.78, 5) is 22.5. The van der Waals surface area contributed by atoms with Crippen LogP contribution in [0.25, 0.3) is 11.5 Å². The number of nitrogens with one attached hydrogen (secondary N) is 1. The molecule has 1 aromatic carbocycles. The van der Waals surface area contributed by atoms with Crippen molar-refractivity contribution in [3.8, 4) is 28.9 Å². The smallest absolute Gasteiger partial charge is 0.437 e. The van der Waals surface area contributed by atoms with Crippen LogP contribution < -0.4 is 15.0 Å². The van der Waals surface area contributed by atoms with Crippen molar-refractivity contribution < 1.29 is 22.6 Å². The van der Waals surface area contributed by atoms with Crippen molar-refractivity contribution in [1.82, 2.24) is 15.0 Å². The van der Waals surface area contributed by atoms with E-state index in [-0.39, 0.29) is 27.4 Å². The fourth-order valence-corrected chi connectivity index (χ4v) is 2.73. The third kappa shape index (κ3) is 5.68. The van der Waals surface area contributed by atoms with Crippen LogP contribution in [-0.4, -0.2) is 20.6 Å². The largest absolute Gasteiger partial charge is 0.472 e. The maximum Gasteiger partial charge on any atom is 0.437 e. The predicted octanol–water partition coefficient (Wildman–Crippen LogP) is 6.13. The van der Waals surface area contributed by atoms with E-state index in [4.69, 9.17) is 32.7 Å².